The predicted octanol–water partition coefficient (Wildman–Crippen LogP) is 5.10. The molecule has 2 heterocycles. The number of hydrogen-bond donors (Lipinski definition) is 1. The van der Waals surface area contributed by atoms with Crippen molar-refractivity contribution in [2.75, 3.05) is 19.6 Å². The van der Waals surface area contributed by atoms with Gasteiger partial charge in [0.25, 0.3) is 5.91 Å². The second-order valence-electron chi connectivity index (χ2n) is 8.79. The van der Waals surface area contributed by atoms with Crippen LogP contribution in [0.3, 0.4) is 0 Å². The fourth-order valence-electron chi connectivity index (χ4n) is 4.39. The van der Waals surface area contributed by atoms with Gasteiger partial charge in [0.1, 0.15) is 5.54 Å². The first kappa shape index (κ1) is 24.2. The Morgan fingerprint density at radius 2 is 1.85 bits per heavy atom. The molecular formula is C26H27ClN2O4S. The second kappa shape index (κ2) is 10.2. The van der Waals surface area contributed by atoms with Crippen LogP contribution in [0.25, 0.3) is 10.1 Å². The lowest BCUT2D eigenvalue weighted by atomic mass is 9.84. The highest BCUT2D eigenvalue weighted by Gasteiger charge is 2.51. The van der Waals surface area contributed by atoms with Crippen molar-refractivity contribution >= 4 is 50.8 Å². The van der Waals surface area contributed by atoms with E-state index in [1.807, 2.05) is 60.8 Å². The lowest BCUT2D eigenvalue weighted by Crippen LogP contribution is -2.68. The number of nitrogens with zero attached hydrogens (tertiary/aromatic N) is 2. The minimum Gasteiger partial charge on any atom is -0.481 e. The standard InChI is InChI=1S/C26H27ClN2O4S/c1-26(13-16-29(26)24(32)21-17-34-22-6-3-2-5-20(21)22)25(33)28(14-4-7-23(30)31)15-12-18-8-10-19(27)11-9-18/h2-3,5-6,8-11,17H,4,7,12-16H2,1H3,(H,30,31)/t26-/m1/s1. The molecule has 2 amide bonds. The zero-order valence-corrected chi connectivity index (χ0v) is 20.6. The number of carbonyl (C=O) groups is 3. The number of thiophene rings is 1. The molecule has 0 saturated carbocycles. The van der Waals surface area contributed by atoms with Crippen LogP contribution in [0.5, 0.6) is 0 Å². The van der Waals surface area contributed by atoms with Crippen LogP contribution in [-0.2, 0) is 16.0 Å². The van der Waals surface area contributed by atoms with Crippen LogP contribution in [0, 0.1) is 0 Å². The minimum atomic E-state index is -0.941. The van der Waals surface area contributed by atoms with Gasteiger partial charge in [-0.25, -0.2) is 0 Å². The number of rotatable bonds is 9. The number of benzene rings is 2. The molecule has 1 N–H and O–H groups in total. The van der Waals surface area contributed by atoms with Gasteiger partial charge >= 0.3 is 5.97 Å². The molecule has 4 rings (SSSR count). The molecule has 2 aromatic carbocycles. The molecule has 1 aliphatic rings. The molecule has 1 atom stereocenters. The number of carboxylic acid groups (broad SMARTS) is 1. The van der Waals surface area contributed by atoms with Crippen LogP contribution < -0.4 is 0 Å². The van der Waals surface area contributed by atoms with Gasteiger partial charge in [0.2, 0.25) is 5.91 Å². The molecule has 0 radical (unpaired) electrons. The zero-order chi connectivity index (χ0) is 24.3. The fourth-order valence-corrected chi connectivity index (χ4v) is 5.45. The molecular weight excluding hydrogens is 472 g/mol. The Bertz CT molecular complexity index is 1210. The maximum Gasteiger partial charge on any atom is 0.303 e. The van der Waals surface area contributed by atoms with Crippen LogP contribution in [0.2, 0.25) is 5.02 Å². The highest BCUT2D eigenvalue weighted by Crippen LogP contribution is 2.36. The van der Waals surface area contributed by atoms with Gasteiger partial charge in [0.05, 0.1) is 5.56 Å². The summed E-state index contributed by atoms with van der Waals surface area (Å²) in [6.07, 6.45) is 1.55. The Balaban J connectivity index is 1.51. The summed E-state index contributed by atoms with van der Waals surface area (Å²) in [5, 5.41) is 12.5. The molecule has 34 heavy (non-hydrogen) atoms. The van der Waals surface area contributed by atoms with Gasteiger partial charge in [0, 0.05) is 46.5 Å². The second-order valence-corrected chi connectivity index (χ2v) is 10.1. The topological polar surface area (TPSA) is 77.9 Å². The monoisotopic (exact) mass is 498 g/mol. The molecule has 178 valence electrons. The highest BCUT2D eigenvalue weighted by atomic mass is 35.5. The SMILES string of the molecule is C[C@]1(C(=O)N(CCCC(=O)O)CCc2ccc(Cl)cc2)CCN1C(=O)c1csc2ccccc12. The van der Waals surface area contributed by atoms with Gasteiger partial charge in [-0.2, -0.15) is 0 Å². The van der Waals surface area contributed by atoms with Gasteiger partial charge in [-0.05, 0) is 49.9 Å². The van der Waals surface area contributed by atoms with Gasteiger partial charge in [-0.15, -0.1) is 11.3 Å². The number of hydrogen-bond acceptors (Lipinski definition) is 4. The van der Waals surface area contributed by atoms with E-state index in [0.29, 0.717) is 49.5 Å². The smallest absolute Gasteiger partial charge is 0.303 e. The summed E-state index contributed by atoms with van der Waals surface area (Å²) in [4.78, 5) is 41.6. The van der Waals surface area contributed by atoms with Crippen LogP contribution >= 0.6 is 22.9 Å². The molecule has 1 saturated heterocycles. The van der Waals surface area contributed by atoms with E-state index in [-0.39, 0.29) is 18.2 Å². The molecule has 6 nitrogen and oxygen atoms in total. The third-order valence-electron chi connectivity index (χ3n) is 6.52. The van der Waals surface area contributed by atoms with Crippen LogP contribution in [0.4, 0.5) is 0 Å². The summed E-state index contributed by atoms with van der Waals surface area (Å²) in [6.45, 7) is 3.11. The lowest BCUT2D eigenvalue weighted by molar-refractivity contribution is -0.149. The maximum absolute atomic E-state index is 13.7. The van der Waals surface area contributed by atoms with E-state index in [1.165, 1.54) is 11.3 Å². The normalized spacial score (nSPS) is 17.4. The molecule has 0 aliphatic carbocycles. The summed E-state index contributed by atoms with van der Waals surface area (Å²) < 4.78 is 1.04. The van der Waals surface area contributed by atoms with E-state index in [9.17, 15) is 14.4 Å². The Kier molecular flexibility index (Phi) is 7.24. The Morgan fingerprint density at radius 3 is 2.53 bits per heavy atom. The molecule has 3 aromatic rings. The average Bonchev–Trinajstić information content (AvgIpc) is 3.24. The Labute approximate surface area is 207 Å². The van der Waals surface area contributed by atoms with E-state index >= 15 is 0 Å². The first-order valence-electron chi connectivity index (χ1n) is 11.3. The molecule has 0 spiro atoms. The van der Waals surface area contributed by atoms with Crippen molar-refractivity contribution in [2.45, 2.75) is 38.1 Å². The van der Waals surface area contributed by atoms with Crippen LogP contribution in [-0.4, -0.2) is 57.9 Å². The number of fused-ring (bicyclic) bond motifs is 1. The summed E-state index contributed by atoms with van der Waals surface area (Å²) in [6, 6.07) is 15.2. The first-order valence-corrected chi connectivity index (χ1v) is 12.6. The van der Waals surface area contributed by atoms with E-state index < -0.39 is 11.5 Å². The molecule has 1 aliphatic heterocycles. The Morgan fingerprint density at radius 1 is 1.12 bits per heavy atom. The highest BCUT2D eigenvalue weighted by molar-refractivity contribution is 7.17. The number of amides is 2. The Hall–Kier alpha value is -2.90. The summed E-state index contributed by atoms with van der Waals surface area (Å²) in [7, 11) is 0. The van der Waals surface area contributed by atoms with Crippen molar-refractivity contribution in [2.24, 2.45) is 0 Å². The third-order valence-corrected chi connectivity index (χ3v) is 7.74. The number of carboxylic acids is 1. The van der Waals surface area contributed by atoms with Crippen molar-refractivity contribution in [1.82, 2.24) is 9.80 Å². The van der Waals surface area contributed by atoms with Crippen LogP contribution in [0.1, 0.15) is 42.1 Å². The number of halogens is 1. The molecule has 1 aromatic heterocycles. The van der Waals surface area contributed by atoms with Gasteiger partial charge in [-0.3, -0.25) is 14.4 Å². The van der Waals surface area contributed by atoms with Crippen LogP contribution in [0.15, 0.2) is 53.9 Å². The molecule has 0 unspecified atom stereocenters. The van der Waals surface area contributed by atoms with E-state index in [1.54, 1.807) is 9.80 Å². The predicted molar refractivity (Wildman–Crippen MR) is 134 cm³/mol. The lowest BCUT2D eigenvalue weighted by Gasteiger charge is -2.51. The summed E-state index contributed by atoms with van der Waals surface area (Å²) in [5.41, 5.74) is 0.721. The van der Waals surface area contributed by atoms with Crippen molar-refractivity contribution in [3.8, 4) is 0 Å². The summed E-state index contributed by atoms with van der Waals surface area (Å²) >= 11 is 7.50. The molecule has 0 bridgehead atoms. The molecule has 1 fully saturated rings. The van der Waals surface area contributed by atoms with Gasteiger partial charge < -0.3 is 14.9 Å². The largest absolute Gasteiger partial charge is 0.481 e. The van der Waals surface area contributed by atoms with E-state index in [2.05, 4.69) is 0 Å². The van der Waals surface area contributed by atoms with Crippen molar-refractivity contribution < 1.29 is 19.5 Å². The van der Waals surface area contributed by atoms with Crippen molar-refractivity contribution in [3.63, 3.8) is 0 Å². The van der Waals surface area contributed by atoms with Gasteiger partial charge in [0.15, 0.2) is 0 Å². The number of likely N-dealkylation sites (tertiary alicyclic amines) is 1. The van der Waals surface area contributed by atoms with E-state index in [0.717, 1.165) is 15.6 Å². The zero-order valence-electron chi connectivity index (χ0n) is 19.0. The number of carbonyl (C=O) groups excluding carboxylic acids is 2. The fraction of sp³-hybridized carbons (Fsp3) is 0.346. The van der Waals surface area contributed by atoms with Crippen molar-refractivity contribution in [3.05, 3.63) is 70.1 Å². The summed E-state index contributed by atoms with van der Waals surface area (Å²) in [5.74, 6) is -1.16. The van der Waals surface area contributed by atoms with E-state index in [4.69, 9.17) is 16.7 Å². The third kappa shape index (κ3) is 4.95. The average molecular weight is 499 g/mol. The minimum absolute atomic E-state index is 0.00895. The van der Waals surface area contributed by atoms with Gasteiger partial charge in [-0.1, -0.05) is 41.9 Å². The first-order chi connectivity index (χ1) is 16.3. The number of aliphatic carboxylic acids is 1. The molecule has 8 heteroatoms. The quantitative estimate of drug-likeness (QED) is 0.445. The maximum atomic E-state index is 13.7. The van der Waals surface area contributed by atoms with Crippen molar-refractivity contribution in [1.29, 1.82) is 0 Å².